The molecule has 2 N–H and O–H groups in total. The first-order valence-corrected chi connectivity index (χ1v) is 9.23. The maximum atomic E-state index is 9.78. The van der Waals surface area contributed by atoms with E-state index >= 15 is 0 Å². The zero-order valence-corrected chi connectivity index (χ0v) is 16.3. The average molecular weight is 373 g/mol. The SMILES string of the molecule is CCOc1ccc(-c2c(C#N)c(N)nc(-c3ccccc3)c2CC)cc1OC. The van der Waals surface area contributed by atoms with E-state index in [1.165, 1.54) is 0 Å². The Labute approximate surface area is 165 Å². The summed E-state index contributed by atoms with van der Waals surface area (Å²) < 4.78 is 11.1. The van der Waals surface area contributed by atoms with Crippen molar-refractivity contribution < 1.29 is 9.47 Å². The molecule has 5 heteroatoms. The van der Waals surface area contributed by atoms with Crippen LogP contribution in [-0.4, -0.2) is 18.7 Å². The third-order valence-corrected chi connectivity index (χ3v) is 4.59. The number of pyridine rings is 1. The van der Waals surface area contributed by atoms with Crippen LogP contribution in [0.1, 0.15) is 25.0 Å². The Morgan fingerprint density at radius 1 is 1.04 bits per heavy atom. The summed E-state index contributed by atoms with van der Waals surface area (Å²) in [5.41, 5.74) is 10.9. The number of hydrogen-bond acceptors (Lipinski definition) is 5. The van der Waals surface area contributed by atoms with Gasteiger partial charge in [0.25, 0.3) is 0 Å². The molecule has 0 saturated carbocycles. The lowest BCUT2D eigenvalue weighted by Crippen LogP contribution is -2.05. The van der Waals surface area contributed by atoms with Crippen molar-refractivity contribution in [2.24, 2.45) is 0 Å². The number of nitrogen functional groups attached to an aromatic ring is 1. The maximum absolute atomic E-state index is 9.78. The molecule has 0 aliphatic heterocycles. The molecule has 2 aromatic carbocycles. The van der Waals surface area contributed by atoms with Crippen molar-refractivity contribution in [2.75, 3.05) is 19.5 Å². The van der Waals surface area contributed by atoms with E-state index in [2.05, 4.69) is 18.0 Å². The molecule has 28 heavy (non-hydrogen) atoms. The van der Waals surface area contributed by atoms with E-state index in [1.807, 2.05) is 55.5 Å². The largest absolute Gasteiger partial charge is 0.493 e. The van der Waals surface area contributed by atoms with Crippen LogP contribution in [0.15, 0.2) is 48.5 Å². The smallest absolute Gasteiger partial charge is 0.161 e. The number of anilines is 1. The zero-order valence-electron chi connectivity index (χ0n) is 16.3. The minimum atomic E-state index is 0.224. The summed E-state index contributed by atoms with van der Waals surface area (Å²) in [5.74, 6) is 1.50. The van der Waals surface area contributed by atoms with Crippen LogP contribution in [0.2, 0.25) is 0 Å². The zero-order chi connectivity index (χ0) is 20.1. The quantitative estimate of drug-likeness (QED) is 0.669. The van der Waals surface area contributed by atoms with E-state index in [-0.39, 0.29) is 5.82 Å². The molecule has 0 bridgehead atoms. The number of aromatic nitrogens is 1. The molecule has 142 valence electrons. The van der Waals surface area contributed by atoms with Gasteiger partial charge in [-0.15, -0.1) is 0 Å². The molecular formula is C23H23N3O2. The first kappa shape index (κ1) is 19.2. The number of nitrogens with zero attached hydrogens (tertiary/aromatic N) is 2. The fourth-order valence-corrected chi connectivity index (χ4v) is 3.35. The first-order chi connectivity index (χ1) is 13.6. The van der Waals surface area contributed by atoms with Crippen molar-refractivity contribution >= 4 is 5.82 Å². The Kier molecular flexibility index (Phi) is 5.81. The van der Waals surface area contributed by atoms with Gasteiger partial charge >= 0.3 is 0 Å². The van der Waals surface area contributed by atoms with Gasteiger partial charge in [-0.2, -0.15) is 5.26 Å². The number of nitriles is 1. The minimum Gasteiger partial charge on any atom is -0.493 e. The summed E-state index contributed by atoms with van der Waals surface area (Å²) >= 11 is 0. The van der Waals surface area contributed by atoms with E-state index in [0.29, 0.717) is 30.1 Å². The lowest BCUT2D eigenvalue weighted by Gasteiger charge is -2.18. The monoisotopic (exact) mass is 373 g/mol. The highest BCUT2D eigenvalue weighted by molar-refractivity contribution is 5.85. The number of nitrogens with two attached hydrogens (primary N) is 1. The van der Waals surface area contributed by atoms with E-state index < -0.39 is 0 Å². The van der Waals surface area contributed by atoms with Crippen LogP contribution in [0.5, 0.6) is 11.5 Å². The summed E-state index contributed by atoms with van der Waals surface area (Å²) in [7, 11) is 1.60. The van der Waals surface area contributed by atoms with Gasteiger partial charge in [0.05, 0.1) is 19.4 Å². The predicted molar refractivity (Wildman–Crippen MR) is 111 cm³/mol. The minimum absolute atomic E-state index is 0.224. The Bertz CT molecular complexity index is 1020. The van der Waals surface area contributed by atoms with Gasteiger partial charge in [0.15, 0.2) is 11.5 Å². The van der Waals surface area contributed by atoms with Crippen molar-refractivity contribution in [1.29, 1.82) is 5.26 Å². The standard InChI is InChI=1S/C23H23N3O2/c1-4-17-21(16-11-12-19(28-5-2)20(13-16)27-3)18(14-24)23(25)26-22(17)15-9-7-6-8-10-15/h6-13H,4-5H2,1-3H3,(H2,25,26). The molecule has 3 rings (SSSR count). The van der Waals surface area contributed by atoms with Gasteiger partial charge in [-0.3, -0.25) is 0 Å². The van der Waals surface area contributed by atoms with Gasteiger partial charge in [0, 0.05) is 11.1 Å². The highest BCUT2D eigenvalue weighted by atomic mass is 16.5. The summed E-state index contributed by atoms with van der Waals surface area (Å²) in [4.78, 5) is 4.56. The van der Waals surface area contributed by atoms with Crippen molar-refractivity contribution in [3.63, 3.8) is 0 Å². The van der Waals surface area contributed by atoms with Crippen molar-refractivity contribution in [2.45, 2.75) is 20.3 Å². The molecule has 0 aliphatic carbocycles. The fourth-order valence-electron chi connectivity index (χ4n) is 3.35. The Morgan fingerprint density at radius 2 is 1.79 bits per heavy atom. The van der Waals surface area contributed by atoms with Gasteiger partial charge in [0.1, 0.15) is 17.5 Å². The topological polar surface area (TPSA) is 81.2 Å². The van der Waals surface area contributed by atoms with E-state index in [9.17, 15) is 5.26 Å². The highest BCUT2D eigenvalue weighted by Gasteiger charge is 2.21. The molecule has 5 nitrogen and oxygen atoms in total. The lowest BCUT2D eigenvalue weighted by molar-refractivity contribution is 0.311. The number of methoxy groups -OCH3 is 1. The third kappa shape index (κ3) is 3.49. The van der Waals surface area contributed by atoms with Crippen LogP contribution in [0.4, 0.5) is 5.82 Å². The Morgan fingerprint density at radius 3 is 2.39 bits per heavy atom. The molecule has 0 saturated heterocycles. The second-order valence-corrected chi connectivity index (χ2v) is 6.20. The predicted octanol–water partition coefficient (Wildman–Crippen LogP) is 4.84. The average Bonchev–Trinajstić information content (AvgIpc) is 2.74. The second-order valence-electron chi connectivity index (χ2n) is 6.20. The van der Waals surface area contributed by atoms with Gasteiger partial charge in [0.2, 0.25) is 0 Å². The highest BCUT2D eigenvalue weighted by Crippen LogP contribution is 2.40. The summed E-state index contributed by atoms with van der Waals surface area (Å²) in [6.07, 6.45) is 0.705. The summed E-state index contributed by atoms with van der Waals surface area (Å²) in [5, 5.41) is 9.78. The molecule has 0 amide bonds. The van der Waals surface area contributed by atoms with Crippen LogP contribution >= 0.6 is 0 Å². The molecular weight excluding hydrogens is 350 g/mol. The van der Waals surface area contributed by atoms with Crippen molar-refractivity contribution in [3.8, 4) is 40.0 Å². The maximum Gasteiger partial charge on any atom is 0.161 e. The van der Waals surface area contributed by atoms with Crippen molar-refractivity contribution in [3.05, 3.63) is 59.7 Å². The van der Waals surface area contributed by atoms with Gasteiger partial charge in [-0.1, -0.05) is 43.3 Å². The van der Waals surface area contributed by atoms with Gasteiger partial charge in [-0.25, -0.2) is 4.98 Å². The molecule has 0 aliphatic rings. The molecule has 0 fully saturated rings. The molecule has 0 atom stereocenters. The van der Waals surface area contributed by atoms with Crippen LogP contribution < -0.4 is 15.2 Å². The number of rotatable bonds is 6. The third-order valence-electron chi connectivity index (χ3n) is 4.59. The molecule has 1 aromatic heterocycles. The van der Waals surface area contributed by atoms with Gasteiger partial charge < -0.3 is 15.2 Å². The normalized spacial score (nSPS) is 10.4. The van der Waals surface area contributed by atoms with E-state index in [1.54, 1.807) is 7.11 Å². The molecule has 0 radical (unpaired) electrons. The van der Waals surface area contributed by atoms with Crippen LogP contribution in [0, 0.1) is 11.3 Å². The molecule has 1 heterocycles. The summed E-state index contributed by atoms with van der Waals surface area (Å²) in [6, 6.07) is 17.8. The molecule has 3 aromatic rings. The van der Waals surface area contributed by atoms with Crippen LogP contribution in [0.25, 0.3) is 22.4 Å². The second kappa shape index (κ2) is 8.45. The summed E-state index contributed by atoms with van der Waals surface area (Å²) in [6.45, 7) is 4.52. The Hall–Kier alpha value is -3.52. The Balaban J connectivity index is 2.31. The van der Waals surface area contributed by atoms with Gasteiger partial charge in [-0.05, 0) is 36.6 Å². The lowest BCUT2D eigenvalue weighted by atomic mass is 9.90. The number of benzene rings is 2. The fraction of sp³-hybridized carbons (Fsp3) is 0.217. The van der Waals surface area contributed by atoms with Crippen LogP contribution in [0.3, 0.4) is 0 Å². The molecule has 0 spiro atoms. The van der Waals surface area contributed by atoms with E-state index in [0.717, 1.165) is 27.9 Å². The van der Waals surface area contributed by atoms with Crippen molar-refractivity contribution in [1.82, 2.24) is 4.98 Å². The first-order valence-electron chi connectivity index (χ1n) is 9.23. The number of ether oxygens (including phenoxy) is 2. The van der Waals surface area contributed by atoms with Crippen LogP contribution in [-0.2, 0) is 6.42 Å². The molecule has 0 unspecified atom stereocenters. The number of hydrogen-bond donors (Lipinski definition) is 1. The van der Waals surface area contributed by atoms with E-state index in [4.69, 9.17) is 15.2 Å².